The first-order valence-corrected chi connectivity index (χ1v) is 9.81. The molecule has 33 heavy (non-hydrogen) atoms. The molecule has 7 nitrogen and oxygen atoms in total. The molecule has 2 aromatic carbocycles. The van der Waals surface area contributed by atoms with Crippen LogP contribution in [0.2, 0.25) is 0 Å². The van der Waals surface area contributed by atoms with Crippen molar-refractivity contribution < 1.29 is 22.7 Å². The van der Waals surface area contributed by atoms with E-state index in [9.17, 15) is 18.0 Å². The minimum Gasteiger partial charge on any atom is -0.497 e. The van der Waals surface area contributed by atoms with E-state index in [4.69, 9.17) is 4.74 Å². The van der Waals surface area contributed by atoms with Crippen molar-refractivity contribution in [3.63, 3.8) is 0 Å². The number of pyridine rings is 1. The van der Waals surface area contributed by atoms with E-state index < -0.39 is 17.6 Å². The minimum absolute atomic E-state index is 0.0241. The van der Waals surface area contributed by atoms with Crippen LogP contribution in [0.5, 0.6) is 5.75 Å². The average Bonchev–Trinajstić information content (AvgIpc) is 3.28. The normalized spacial score (nSPS) is 11.3. The summed E-state index contributed by atoms with van der Waals surface area (Å²) in [6.07, 6.45) is -1.32. The second-order valence-electron chi connectivity index (χ2n) is 7.02. The molecule has 0 saturated carbocycles. The van der Waals surface area contributed by atoms with Gasteiger partial charge in [-0.2, -0.15) is 13.2 Å². The number of halogens is 3. The van der Waals surface area contributed by atoms with Gasteiger partial charge in [-0.15, -0.1) is 5.10 Å². The molecule has 0 saturated heterocycles. The van der Waals surface area contributed by atoms with Crippen LogP contribution in [0, 0.1) is 0 Å². The van der Waals surface area contributed by atoms with Gasteiger partial charge in [-0.25, -0.2) is 4.68 Å². The number of carbonyl (C=O) groups is 1. The van der Waals surface area contributed by atoms with Crippen LogP contribution in [0.4, 0.5) is 13.2 Å². The van der Waals surface area contributed by atoms with Crippen molar-refractivity contribution >= 4 is 5.91 Å². The quantitative estimate of drug-likeness (QED) is 0.471. The van der Waals surface area contributed by atoms with E-state index in [2.05, 4.69) is 20.6 Å². The largest absolute Gasteiger partial charge is 0.497 e. The molecule has 0 aliphatic rings. The summed E-state index contributed by atoms with van der Waals surface area (Å²) in [4.78, 5) is 17.0. The number of benzene rings is 2. The van der Waals surface area contributed by atoms with Gasteiger partial charge in [0.15, 0.2) is 5.69 Å². The van der Waals surface area contributed by atoms with E-state index in [0.29, 0.717) is 28.3 Å². The number of alkyl halides is 3. The van der Waals surface area contributed by atoms with Crippen LogP contribution in [-0.4, -0.2) is 33.0 Å². The SMILES string of the molecule is COc1cccc(-n2nnc(C(=O)NCc3cccc(C(F)(F)F)c3)c2-c2ccncc2)c1. The Morgan fingerprint density at radius 1 is 1.06 bits per heavy atom. The lowest BCUT2D eigenvalue weighted by Crippen LogP contribution is -2.24. The number of carbonyl (C=O) groups excluding carboxylic acids is 1. The van der Waals surface area contributed by atoms with Crippen molar-refractivity contribution in [2.45, 2.75) is 12.7 Å². The third-order valence-electron chi connectivity index (χ3n) is 4.84. The molecule has 0 radical (unpaired) electrons. The Labute approximate surface area is 186 Å². The Hall–Kier alpha value is -4.21. The maximum absolute atomic E-state index is 13.0. The molecule has 1 N–H and O–H groups in total. The maximum atomic E-state index is 13.0. The summed E-state index contributed by atoms with van der Waals surface area (Å²) in [6, 6.07) is 15.3. The summed E-state index contributed by atoms with van der Waals surface area (Å²) in [5, 5.41) is 10.8. The second-order valence-corrected chi connectivity index (χ2v) is 7.02. The monoisotopic (exact) mass is 453 g/mol. The van der Waals surface area contributed by atoms with Crippen molar-refractivity contribution in [3.05, 3.63) is 89.9 Å². The van der Waals surface area contributed by atoms with Gasteiger partial charge in [0.2, 0.25) is 0 Å². The Balaban J connectivity index is 1.66. The summed E-state index contributed by atoms with van der Waals surface area (Å²) in [6.45, 7) is -0.107. The number of rotatable bonds is 6. The van der Waals surface area contributed by atoms with E-state index in [1.54, 1.807) is 48.8 Å². The van der Waals surface area contributed by atoms with Crippen LogP contribution >= 0.6 is 0 Å². The molecule has 4 aromatic rings. The number of hydrogen-bond donors (Lipinski definition) is 1. The molecule has 0 aliphatic carbocycles. The number of aromatic nitrogens is 4. The second kappa shape index (κ2) is 9.11. The number of nitrogens with one attached hydrogen (secondary N) is 1. The highest BCUT2D eigenvalue weighted by atomic mass is 19.4. The lowest BCUT2D eigenvalue weighted by atomic mass is 10.1. The molecule has 0 fully saturated rings. The number of methoxy groups -OCH3 is 1. The molecular formula is C23H18F3N5O2. The first-order valence-electron chi connectivity index (χ1n) is 9.81. The predicted molar refractivity (Wildman–Crippen MR) is 114 cm³/mol. The Morgan fingerprint density at radius 2 is 1.82 bits per heavy atom. The summed E-state index contributed by atoms with van der Waals surface area (Å²) >= 11 is 0. The molecule has 2 aromatic heterocycles. The lowest BCUT2D eigenvalue weighted by Gasteiger charge is -2.11. The summed E-state index contributed by atoms with van der Waals surface area (Å²) < 4.78 is 45.7. The van der Waals surface area contributed by atoms with Gasteiger partial charge < -0.3 is 10.1 Å². The van der Waals surface area contributed by atoms with E-state index >= 15 is 0 Å². The maximum Gasteiger partial charge on any atom is 0.416 e. The molecule has 1 amide bonds. The molecule has 0 unspecified atom stereocenters. The number of hydrogen-bond acceptors (Lipinski definition) is 5. The van der Waals surface area contributed by atoms with E-state index in [-0.39, 0.29) is 12.2 Å². The number of ether oxygens (including phenoxy) is 1. The van der Waals surface area contributed by atoms with Gasteiger partial charge >= 0.3 is 6.18 Å². The zero-order valence-corrected chi connectivity index (χ0v) is 17.4. The van der Waals surface area contributed by atoms with Crippen LogP contribution in [0.15, 0.2) is 73.1 Å². The zero-order chi connectivity index (χ0) is 23.4. The third kappa shape index (κ3) is 4.84. The molecule has 2 heterocycles. The lowest BCUT2D eigenvalue weighted by molar-refractivity contribution is -0.137. The van der Waals surface area contributed by atoms with E-state index in [1.807, 2.05) is 0 Å². The zero-order valence-electron chi connectivity index (χ0n) is 17.4. The van der Waals surface area contributed by atoms with Crippen molar-refractivity contribution in [1.29, 1.82) is 0 Å². The van der Waals surface area contributed by atoms with Crippen molar-refractivity contribution in [3.8, 4) is 22.7 Å². The fourth-order valence-electron chi connectivity index (χ4n) is 3.25. The first kappa shape index (κ1) is 22.0. The van der Waals surface area contributed by atoms with Crippen molar-refractivity contribution in [2.24, 2.45) is 0 Å². The molecule has 10 heteroatoms. The fraction of sp³-hybridized carbons (Fsp3) is 0.130. The average molecular weight is 453 g/mol. The van der Waals surface area contributed by atoms with Gasteiger partial charge in [0.05, 0.1) is 18.4 Å². The Morgan fingerprint density at radius 3 is 2.55 bits per heavy atom. The van der Waals surface area contributed by atoms with Gasteiger partial charge in [0, 0.05) is 30.6 Å². The molecule has 0 spiro atoms. The Kier molecular flexibility index (Phi) is 6.07. The smallest absolute Gasteiger partial charge is 0.416 e. The van der Waals surface area contributed by atoms with Crippen LogP contribution in [0.25, 0.3) is 16.9 Å². The van der Waals surface area contributed by atoms with Gasteiger partial charge in [-0.1, -0.05) is 23.4 Å². The molecule has 4 rings (SSSR count). The molecule has 168 valence electrons. The van der Waals surface area contributed by atoms with Crippen LogP contribution in [0.1, 0.15) is 21.6 Å². The number of nitrogens with zero attached hydrogens (tertiary/aromatic N) is 4. The minimum atomic E-state index is -4.46. The molecular weight excluding hydrogens is 435 g/mol. The van der Waals surface area contributed by atoms with Crippen LogP contribution in [0.3, 0.4) is 0 Å². The molecule has 0 aliphatic heterocycles. The highest BCUT2D eigenvalue weighted by Gasteiger charge is 2.30. The van der Waals surface area contributed by atoms with E-state index in [0.717, 1.165) is 12.1 Å². The molecule has 0 atom stereocenters. The van der Waals surface area contributed by atoms with Gasteiger partial charge in [-0.3, -0.25) is 9.78 Å². The van der Waals surface area contributed by atoms with Crippen LogP contribution in [-0.2, 0) is 12.7 Å². The third-order valence-corrected chi connectivity index (χ3v) is 4.84. The van der Waals surface area contributed by atoms with Crippen LogP contribution < -0.4 is 10.1 Å². The van der Waals surface area contributed by atoms with Crippen molar-refractivity contribution in [2.75, 3.05) is 7.11 Å². The first-order chi connectivity index (χ1) is 15.9. The predicted octanol–water partition coefficient (Wildman–Crippen LogP) is 4.29. The van der Waals surface area contributed by atoms with Crippen molar-refractivity contribution in [1.82, 2.24) is 25.3 Å². The summed E-state index contributed by atoms with van der Waals surface area (Å²) in [7, 11) is 1.54. The topological polar surface area (TPSA) is 81.9 Å². The van der Waals surface area contributed by atoms with Gasteiger partial charge in [0.1, 0.15) is 11.4 Å². The van der Waals surface area contributed by atoms with Gasteiger partial charge in [-0.05, 0) is 42.0 Å². The standard InChI is InChI=1S/C23H18F3N5O2/c1-33-19-7-3-6-18(13-19)31-21(16-8-10-27-11-9-16)20(29-30-31)22(32)28-14-15-4-2-5-17(12-15)23(24,25)26/h2-13H,14H2,1H3,(H,28,32). The Bertz CT molecular complexity index is 1270. The molecule has 0 bridgehead atoms. The van der Waals surface area contributed by atoms with E-state index in [1.165, 1.54) is 23.9 Å². The highest BCUT2D eigenvalue weighted by Crippen LogP contribution is 2.30. The summed E-state index contributed by atoms with van der Waals surface area (Å²) in [5.41, 5.74) is 1.22. The fourth-order valence-corrected chi connectivity index (χ4v) is 3.25. The van der Waals surface area contributed by atoms with Gasteiger partial charge in [0.25, 0.3) is 5.91 Å². The summed E-state index contributed by atoms with van der Waals surface area (Å²) in [5.74, 6) is 0.0209. The number of amides is 1. The highest BCUT2D eigenvalue weighted by molar-refractivity contribution is 5.98.